The Balaban J connectivity index is 2.32. The van der Waals surface area contributed by atoms with E-state index >= 15 is 4.39 Å². The van der Waals surface area contributed by atoms with Crippen LogP contribution in [0, 0.1) is 11.2 Å². The number of hydrogen-bond acceptors (Lipinski definition) is 4. The molecule has 168 valence electrons. The number of esters is 1. The number of ketones is 1. The summed E-state index contributed by atoms with van der Waals surface area (Å²) in [4.78, 5) is 25.8. The summed E-state index contributed by atoms with van der Waals surface area (Å²) in [5, 5.41) is 2.29. The molecule has 31 heavy (non-hydrogen) atoms. The second-order valence-corrected chi connectivity index (χ2v) is 8.92. The van der Waals surface area contributed by atoms with Crippen LogP contribution in [-0.2, 0) is 20.5 Å². The van der Waals surface area contributed by atoms with Gasteiger partial charge in [0, 0.05) is 29.0 Å². The van der Waals surface area contributed by atoms with Crippen molar-refractivity contribution in [2.75, 3.05) is 6.61 Å². The van der Waals surface area contributed by atoms with Crippen molar-refractivity contribution >= 4 is 23.4 Å². The fraction of sp³-hybridized carbons (Fsp3) is 0.455. The lowest BCUT2D eigenvalue weighted by atomic mass is 9.68. The first-order valence-electron chi connectivity index (χ1n) is 9.74. The Morgan fingerprint density at radius 1 is 1.29 bits per heavy atom. The third kappa shape index (κ3) is 4.35. The number of ether oxygens (including phenoxy) is 1. The van der Waals surface area contributed by atoms with Crippen LogP contribution in [0.25, 0.3) is 0 Å². The molecule has 1 aromatic carbocycles. The predicted octanol–water partition coefficient (Wildman–Crippen LogP) is 5.67. The van der Waals surface area contributed by atoms with Gasteiger partial charge in [0.15, 0.2) is 5.78 Å². The normalized spacial score (nSPS) is 21.1. The summed E-state index contributed by atoms with van der Waals surface area (Å²) >= 11 is 5.80. The molecule has 2 aliphatic rings. The van der Waals surface area contributed by atoms with E-state index in [0.717, 1.165) is 0 Å². The van der Waals surface area contributed by atoms with Crippen molar-refractivity contribution in [1.29, 1.82) is 0 Å². The monoisotopic (exact) mass is 459 g/mol. The van der Waals surface area contributed by atoms with Crippen LogP contribution in [0.15, 0.2) is 34.7 Å². The number of hydrogen-bond donors (Lipinski definition) is 1. The molecule has 0 bridgehead atoms. The Hall–Kier alpha value is -2.35. The van der Waals surface area contributed by atoms with Crippen molar-refractivity contribution in [2.45, 2.75) is 52.6 Å². The Labute approximate surface area is 182 Å². The van der Waals surface area contributed by atoms with Gasteiger partial charge in [-0.1, -0.05) is 25.4 Å². The quantitative estimate of drug-likeness (QED) is 0.467. The topological polar surface area (TPSA) is 55.4 Å². The highest BCUT2D eigenvalue weighted by atomic mass is 35.5. The molecule has 1 unspecified atom stereocenters. The first-order chi connectivity index (χ1) is 14.3. The Bertz CT molecular complexity index is 1020. The summed E-state index contributed by atoms with van der Waals surface area (Å²) in [7, 11) is 0. The molecular weight excluding hydrogens is 438 g/mol. The summed E-state index contributed by atoms with van der Waals surface area (Å²) in [6.45, 7) is 6.88. The Morgan fingerprint density at radius 2 is 1.94 bits per heavy atom. The Morgan fingerprint density at radius 3 is 2.52 bits per heavy atom. The van der Waals surface area contributed by atoms with Crippen molar-refractivity contribution in [3.63, 3.8) is 0 Å². The van der Waals surface area contributed by atoms with Gasteiger partial charge in [-0.25, -0.2) is 9.18 Å². The van der Waals surface area contributed by atoms with Crippen LogP contribution in [0.2, 0.25) is 5.02 Å². The summed E-state index contributed by atoms with van der Waals surface area (Å²) in [5.74, 6) is -3.68. The lowest BCUT2D eigenvalue weighted by Crippen LogP contribution is -2.39. The van der Waals surface area contributed by atoms with Crippen molar-refractivity contribution in [3.8, 4) is 0 Å². The van der Waals surface area contributed by atoms with Crippen molar-refractivity contribution < 1.29 is 31.9 Å². The number of carbonyl (C=O) groups excluding carboxylic acids is 2. The van der Waals surface area contributed by atoms with E-state index in [9.17, 15) is 22.8 Å². The van der Waals surface area contributed by atoms with E-state index in [4.69, 9.17) is 16.3 Å². The van der Waals surface area contributed by atoms with E-state index < -0.39 is 45.4 Å². The van der Waals surface area contributed by atoms with Crippen LogP contribution in [0.1, 0.15) is 57.6 Å². The minimum absolute atomic E-state index is 0.00104. The van der Waals surface area contributed by atoms with E-state index in [1.54, 1.807) is 13.8 Å². The number of alkyl halides is 3. The first kappa shape index (κ1) is 23.3. The predicted molar refractivity (Wildman–Crippen MR) is 107 cm³/mol. The average Bonchev–Trinajstić information content (AvgIpc) is 2.60. The molecule has 4 nitrogen and oxygen atoms in total. The zero-order chi connectivity index (χ0) is 23.3. The lowest BCUT2D eigenvalue weighted by Gasteiger charge is -2.39. The third-order valence-electron chi connectivity index (χ3n) is 5.43. The molecule has 0 aromatic heterocycles. The number of allylic oxidation sites excluding steroid dienone is 3. The van der Waals surface area contributed by atoms with Crippen molar-refractivity contribution in [1.82, 2.24) is 5.32 Å². The number of benzene rings is 1. The Kier molecular flexibility index (Phi) is 5.99. The summed E-state index contributed by atoms with van der Waals surface area (Å²) in [6, 6.07) is 1.10. The molecule has 1 aliphatic heterocycles. The molecule has 1 aliphatic carbocycles. The number of halogens is 5. The second-order valence-electron chi connectivity index (χ2n) is 8.51. The van der Waals surface area contributed by atoms with Crippen LogP contribution in [0.3, 0.4) is 0 Å². The molecule has 0 spiro atoms. The van der Waals surface area contributed by atoms with E-state index in [0.29, 0.717) is 29.9 Å². The van der Waals surface area contributed by atoms with E-state index in [2.05, 4.69) is 5.32 Å². The summed E-state index contributed by atoms with van der Waals surface area (Å²) in [5.41, 5.74) is -1.34. The molecular formula is C22H22ClF4NO3. The number of nitrogens with one attached hydrogen (secondary N) is 1. The number of dihydropyridines is 1. The number of carbonyl (C=O) groups is 2. The fourth-order valence-electron chi connectivity index (χ4n) is 4.21. The average molecular weight is 460 g/mol. The molecule has 0 saturated carbocycles. The standard InChI is InChI=1S/C22H22ClF4NO3/c1-5-31-20(30)16-10(2)28-14-8-21(3,4)9-15(29)18(14)17(16)12-6-11(22(25,26)27)7-13(23)19(12)24/h6-7,17,28H,5,8-9H2,1-4H3. The zero-order valence-electron chi connectivity index (χ0n) is 17.5. The van der Waals surface area contributed by atoms with Crippen LogP contribution in [0.4, 0.5) is 17.6 Å². The second kappa shape index (κ2) is 7.97. The van der Waals surface area contributed by atoms with Crippen LogP contribution in [-0.4, -0.2) is 18.4 Å². The summed E-state index contributed by atoms with van der Waals surface area (Å²) < 4.78 is 60.5. The van der Waals surface area contributed by atoms with Gasteiger partial charge in [0.25, 0.3) is 0 Å². The van der Waals surface area contributed by atoms with Gasteiger partial charge in [0.05, 0.1) is 28.7 Å². The van der Waals surface area contributed by atoms with Gasteiger partial charge >= 0.3 is 12.1 Å². The lowest BCUT2D eigenvalue weighted by molar-refractivity contribution is -0.139. The van der Waals surface area contributed by atoms with E-state index in [1.165, 1.54) is 0 Å². The zero-order valence-corrected chi connectivity index (χ0v) is 18.2. The minimum Gasteiger partial charge on any atom is -0.463 e. The van der Waals surface area contributed by atoms with Gasteiger partial charge < -0.3 is 10.1 Å². The van der Waals surface area contributed by atoms with Crippen LogP contribution in [0.5, 0.6) is 0 Å². The van der Waals surface area contributed by atoms with Gasteiger partial charge in [-0.05, 0) is 37.8 Å². The molecule has 3 rings (SSSR count). The highest BCUT2D eigenvalue weighted by Crippen LogP contribution is 2.48. The van der Waals surface area contributed by atoms with Crippen molar-refractivity contribution in [2.24, 2.45) is 5.41 Å². The minimum atomic E-state index is -4.79. The van der Waals surface area contributed by atoms with Crippen LogP contribution >= 0.6 is 11.6 Å². The fourth-order valence-corrected chi connectivity index (χ4v) is 4.44. The van der Waals surface area contributed by atoms with Gasteiger partial charge in [-0.3, -0.25) is 4.79 Å². The maximum absolute atomic E-state index is 15.1. The smallest absolute Gasteiger partial charge is 0.416 e. The SMILES string of the molecule is CCOC(=O)C1=C(C)NC2=C(C(=O)CC(C)(C)C2)C1c1cc(C(F)(F)F)cc(Cl)c1F. The first-order valence-corrected chi connectivity index (χ1v) is 10.1. The molecule has 9 heteroatoms. The van der Waals surface area contributed by atoms with Crippen molar-refractivity contribution in [3.05, 3.63) is 56.6 Å². The maximum atomic E-state index is 15.1. The molecule has 1 N–H and O–H groups in total. The maximum Gasteiger partial charge on any atom is 0.416 e. The number of rotatable bonds is 3. The third-order valence-corrected chi connectivity index (χ3v) is 5.70. The molecule has 1 aromatic rings. The molecule has 0 saturated heterocycles. The van der Waals surface area contributed by atoms with E-state index in [1.807, 2.05) is 13.8 Å². The van der Waals surface area contributed by atoms with Gasteiger partial charge in [0.2, 0.25) is 0 Å². The van der Waals surface area contributed by atoms with E-state index in [-0.39, 0.29) is 30.0 Å². The molecule has 1 heterocycles. The molecule has 0 amide bonds. The molecule has 0 fully saturated rings. The summed E-state index contributed by atoms with van der Waals surface area (Å²) in [6.07, 6.45) is -4.28. The molecule has 0 radical (unpaired) electrons. The van der Waals surface area contributed by atoms with Gasteiger partial charge in [0.1, 0.15) is 5.82 Å². The molecule has 1 atom stereocenters. The van der Waals surface area contributed by atoms with Gasteiger partial charge in [-0.2, -0.15) is 13.2 Å². The largest absolute Gasteiger partial charge is 0.463 e. The van der Waals surface area contributed by atoms with Gasteiger partial charge in [-0.15, -0.1) is 0 Å². The number of Topliss-reactive ketones (excluding diaryl/α,β-unsaturated/α-hetero) is 1. The highest BCUT2D eigenvalue weighted by molar-refractivity contribution is 6.31. The van der Waals surface area contributed by atoms with Crippen LogP contribution < -0.4 is 5.32 Å². The highest BCUT2D eigenvalue weighted by Gasteiger charge is 2.45.